The Morgan fingerprint density at radius 3 is 2.35 bits per heavy atom. The van der Waals surface area contributed by atoms with Gasteiger partial charge in [0.2, 0.25) is 0 Å². The predicted molar refractivity (Wildman–Crippen MR) is 96.1 cm³/mol. The first-order valence-corrected chi connectivity index (χ1v) is 8.89. The summed E-state index contributed by atoms with van der Waals surface area (Å²) in [6.07, 6.45) is 6.16. The molecule has 0 aromatic heterocycles. The molecule has 2 aromatic carbocycles. The van der Waals surface area contributed by atoms with E-state index in [9.17, 15) is 0 Å². The van der Waals surface area contributed by atoms with Gasteiger partial charge in [-0.3, -0.25) is 4.90 Å². The van der Waals surface area contributed by atoms with Gasteiger partial charge >= 0.3 is 0 Å². The van der Waals surface area contributed by atoms with Gasteiger partial charge in [0.15, 0.2) is 0 Å². The molecule has 0 N–H and O–H groups in total. The third kappa shape index (κ3) is 5.11. The van der Waals surface area contributed by atoms with Gasteiger partial charge < -0.3 is 4.74 Å². The predicted octanol–water partition coefficient (Wildman–Crippen LogP) is 4.34. The van der Waals surface area contributed by atoms with Crippen molar-refractivity contribution >= 4 is 0 Å². The van der Waals surface area contributed by atoms with Crippen LogP contribution in [0.5, 0.6) is 5.75 Å². The fourth-order valence-electron chi connectivity index (χ4n) is 3.24. The number of para-hydroxylation sites is 1. The van der Waals surface area contributed by atoms with Crippen LogP contribution in [0.2, 0.25) is 0 Å². The van der Waals surface area contributed by atoms with Crippen molar-refractivity contribution in [2.24, 2.45) is 0 Å². The monoisotopic (exact) mass is 309 g/mol. The van der Waals surface area contributed by atoms with Gasteiger partial charge in [-0.1, -0.05) is 55.0 Å². The van der Waals surface area contributed by atoms with Crippen molar-refractivity contribution in [2.75, 3.05) is 26.2 Å². The maximum Gasteiger partial charge on any atom is 0.122 e. The van der Waals surface area contributed by atoms with Gasteiger partial charge in [-0.15, -0.1) is 0 Å². The molecule has 2 aromatic rings. The van der Waals surface area contributed by atoms with E-state index in [1.807, 2.05) is 0 Å². The Hall–Kier alpha value is -1.80. The van der Waals surface area contributed by atoms with Crippen LogP contribution in [-0.4, -0.2) is 31.1 Å². The zero-order chi connectivity index (χ0) is 15.7. The van der Waals surface area contributed by atoms with Crippen molar-refractivity contribution in [1.82, 2.24) is 4.90 Å². The Morgan fingerprint density at radius 1 is 0.783 bits per heavy atom. The lowest BCUT2D eigenvalue weighted by Gasteiger charge is -2.26. The lowest BCUT2D eigenvalue weighted by atomic mass is 10.0. The van der Waals surface area contributed by atoms with Crippen LogP contribution in [0.25, 0.3) is 0 Å². The summed E-state index contributed by atoms with van der Waals surface area (Å²) in [6.45, 7) is 4.31. The summed E-state index contributed by atoms with van der Waals surface area (Å²) in [5, 5.41) is 0. The second-order valence-corrected chi connectivity index (χ2v) is 6.34. The number of hydrogen-bond donors (Lipinski definition) is 0. The average molecular weight is 309 g/mol. The van der Waals surface area contributed by atoms with Crippen molar-refractivity contribution in [1.29, 1.82) is 0 Å². The van der Waals surface area contributed by atoms with Crippen LogP contribution in [0.1, 0.15) is 30.4 Å². The molecule has 122 valence electrons. The molecule has 0 bridgehead atoms. The number of piperidine rings is 1. The molecule has 0 spiro atoms. The third-order valence-electron chi connectivity index (χ3n) is 4.61. The molecule has 0 unspecified atom stereocenters. The Balaban J connectivity index is 1.50. The molecular formula is C21H27NO. The normalized spacial score (nSPS) is 15.5. The summed E-state index contributed by atoms with van der Waals surface area (Å²) in [4.78, 5) is 2.52. The first-order valence-electron chi connectivity index (χ1n) is 8.89. The molecule has 1 heterocycles. The largest absolute Gasteiger partial charge is 0.492 e. The Kier molecular flexibility index (Phi) is 6.10. The van der Waals surface area contributed by atoms with Gasteiger partial charge in [-0.05, 0) is 56.0 Å². The van der Waals surface area contributed by atoms with Gasteiger partial charge in [-0.25, -0.2) is 0 Å². The molecule has 0 aliphatic carbocycles. The highest BCUT2D eigenvalue weighted by atomic mass is 16.5. The van der Waals surface area contributed by atoms with E-state index in [4.69, 9.17) is 4.74 Å². The lowest BCUT2D eigenvalue weighted by Crippen LogP contribution is -2.33. The zero-order valence-electron chi connectivity index (χ0n) is 13.9. The fraction of sp³-hybridized carbons (Fsp3) is 0.429. The number of nitrogens with zero attached hydrogens (tertiary/aromatic N) is 1. The standard InChI is InChI=1S/C21H27NO/c1-3-9-19(10-4-1)13-14-20-11-5-6-12-21(20)23-18-17-22-15-7-2-8-16-22/h1,3-6,9-12H,2,7-8,13-18H2. The summed E-state index contributed by atoms with van der Waals surface area (Å²) in [6, 6.07) is 19.2. The van der Waals surface area contributed by atoms with Gasteiger partial charge in [0.05, 0.1) is 0 Å². The molecule has 1 aliphatic rings. The van der Waals surface area contributed by atoms with E-state index >= 15 is 0 Å². The van der Waals surface area contributed by atoms with E-state index in [1.165, 1.54) is 43.5 Å². The number of likely N-dealkylation sites (tertiary alicyclic amines) is 1. The maximum atomic E-state index is 6.09. The van der Waals surface area contributed by atoms with Crippen LogP contribution >= 0.6 is 0 Å². The van der Waals surface area contributed by atoms with Gasteiger partial charge in [0.1, 0.15) is 12.4 Å². The highest BCUT2D eigenvalue weighted by molar-refractivity contribution is 5.34. The van der Waals surface area contributed by atoms with E-state index in [2.05, 4.69) is 59.5 Å². The second-order valence-electron chi connectivity index (χ2n) is 6.34. The fourth-order valence-corrected chi connectivity index (χ4v) is 3.24. The highest BCUT2D eigenvalue weighted by Crippen LogP contribution is 2.20. The average Bonchev–Trinajstić information content (AvgIpc) is 2.63. The molecule has 1 saturated heterocycles. The van der Waals surface area contributed by atoms with Crippen LogP contribution in [0.4, 0.5) is 0 Å². The van der Waals surface area contributed by atoms with E-state index in [0.29, 0.717) is 0 Å². The molecule has 1 aliphatic heterocycles. The summed E-state index contributed by atoms with van der Waals surface area (Å²) in [7, 11) is 0. The zero-order valence-corrected chi connectivity index (χ0v) is 13.9. The van der Waals surface area contributed by atoms with E-state index in [0.717, 1.165) is 31.7 Å². The van der Waals surface area contributed by atoms with Crippen molar-refractivity contribution < 1.29 is 4.74 Å². The van der Waals surface area contributed by atoms with Crippen molar-refractivity contribution in [3.8, 4) is 5.75 Å². The number of rotatable bonds is 7. The molecular weight excluding hydrogens is 282 g/mol. The summed E-state index contributed by atoms with van der Waals surface area (Å²) >= 11 is 0. The molecule has 0 saturated carbocycles. The lowest BCUT2D eigenvalue weighted by molar-refractivity contribution is 0.182. The first kappa shape index (κ1) is 16.1. The second kappa shape index (κ2) is 8.73. The van der Waals surface area contributed by atoms with Crippen LogP contribution in [-0.2, 0) is 12.8 Å². The molecule has 0 radical (unpaired) electrons. The summed E-state index contributed by atoms with van der Waals surface area (Å²) in [5.74, 6) is 1.06. The highest BCUT2D eigenvalue weighted by Gasteiger charge is 2.10. The number of aryl methyl sites for hydroxylation is 2. The van der Waals surface area contributed by atoms with E-state index in [1.54, 1.807) is 0 Å². The van der Waals surface area contributed by atoms with Crippen molar-refractivity contribution in [3.05, 3.63) is 65.7 Å². The molecule has 2 heteroatoms. The smallest absolute Gasteiger partial charge is 0.122 e. The van der Waals surface area contributed by atoms with E-state index < -0.39 is 0 Å². The molecule has 3 rings (SSSR count). The Bertz CT molecular complexity index is 575. The first-order chi connectivity index (χ1) is 11.4. The van der Waals surface area contributed by atoms with Gasteiger partial charge in [0, 0.05) is 6.54 Å². The molecule has 23 heavy (non-hydrogen) atoms. The number of benzene rings is 2. The molecule has 0 atom stereocenters. The minimum Gasteiger partial charge on any atom is -0.492 e. The van der Waals surface area contributed by atoms with Crippen molar-refractivity contribution in [3.63, 3.8) is 0 Å². The minimum atomic E-state index is 0.794. The maximum absolute atomic E-state index is 6.09. The van der Waals surface area contributed by atoms with Gasteiger partial charge in [0.25, 0.3) is 0 Å². The summed E-state index contributed by atoms with van der Waals surface area (Å²) in [5.41, 5.74) is 2.70. The van der Waals surface area contributed by atoms with Crippen LogP contribution in [0.15, 0.2) is 54.6 Å². The molecule has 2 nitrogen and oxygen atoms in total. The molecule has 1 fully saturated rings. The van der Waals surface area contributed by atoms with Crippen LogP contribution < -0.4 is 4.74 Å². The van der Waals surface area contributed by atoms with Crippen molar-refractivity contribution in [2.45, 2.75) is 32.1 Å². The van der Waals surface area contributed by atoms with Crippen LogP contribution in [0, 0.1) is 0 Å². The van der Waals surface area contributed by atoms with E-state index in [-0.39, 0.29) is 0 Å². The Labute approximate surface area is 140 Å². The minimum absolute atomic E-state index is 0.794. The Morgan fingerprint density at radius 2 is 1.52 bits per heavy atom. The van der Waals surface area contributed by atoms with Gasteiger partial charge in [-0.2, -0.15) is 0 Å². The topological polar surface area (TPSA) is 12.5 Å². The summed E-state index contributed by atoms with van der Waals surface area (Å²) < 4.78 is 6.09. The van der Waals surface area contributed by atoms with Crippen LogP contribution in [0.3, 0.4) is 0 Å². The SMILES string of the molecule is c1ccc(CCc2ccccc2OCCN2CCCCC2)cc1. The number of hydrogen-bond acceptors (Lipinski definition) is 2. The number of ether oxygens (including phenoxy) is 1. The third-order valence-corrected chi connectivity index (χ3v) is 4.61. The molecule has 0 amide bonds. The quantitative estimate of drug-likeness (QED) is 0.754.